The molecule has 0 bridgehead atoms. The molecule has 3 aromatic heterocycles. The van der Waals surface area contributed by atoms with Crippen molar-refractivity contribution < 1.29 is 19.1 Å². The molecule has 0 aliphatic carbocycles. The summed E-state index contributed by atoms with van der Waals surface area (Å²) in [5.41, 5.74) is 8.11. The topological polar surface area (TPSA) is 135 Å². The van der Waals surface area contributed by atoms with Crippen molar-refractivity contribution in [2.24, 2.45) is 0 Å². The predicted molar refractivity (Wildman–Crippen MR) is 137 cm³/mol. The van der Waals surface area contributed by atoms with Gasteiger partial charge < -0.3 is 29.8 Å². The maximum Gasteiger partial charge on any atom is 0.225 e. The van der Waals surface area contributed by atoms with Crippen molar-refractivity contribution in [2.75, 3.05) is 56.0 Å². The average Bonchev–Trinajstić information content (AvgIpc) is 3.53. The molecule has 0 saturated carbocycles. The van der Waals surface area contributed by atoms with Crippen LogP contribution in [0, 0.1) is 6.92 Å². The molecule has 0 fully saturated rings. The highest BCUT2D eigenvalue weighted by atomic mass is 32.1. The number of fused-ring (bicyclic) bond motifs is 1. The number of aromatic nitrogens is 4. The predicted octanol–water partition coefficient (Wildman–Crippen LogP) is 2.29. The summed E-state index contributed by atoms with van der Waals surface area (Å²) in [6, 6.07) is 11.5. The molecule has 1 aromatic carbocycles. The number of likely N-dealkylation sites (N-methyl/N-ethyl adjacent to an activating group) is 1. The number of ether oxygens (including phenoxy) is 1. The number of amides is 1. The van der Waals surface area contributed by atoms with Gasteiger partial charge in [-0.3, -0.25) is 4.79 Å². The molecule has 0 saturated heterocycles. The molecule has 0 aliphatic heterocycles. The number of rotatable bonds is 9. The van der Waals surface area contributed by atoms with E-state index in [4.69, 9.17) is 14.9 Å². The van der Waals surface area contributed by atoms with Gasteiger partial charge >= 0.3 is 0 Å². The first-order chi connectivity index (χ1) is 16.9. The highest BCUT2D eigenvalue weighted by molar-refractivity contribution is 7.80. The van der Waals surface area contributed by atoms with Gasteiger partial charge in [0, 0.05) is 32.1 Å². The van der Waals surface area contributed by atoms with E-state index >= 15 is 0 Å². The molecule has 0 aliphatic rings. The number of anilines is 3. The fourth-order valence-corrected chi connectivity index (χ4v) is 3.32. The number of hydrogen-bond acceptors (Lipinski definition) is 10. The van der Waals surface area contributed by atoms with E-state index in [2.05, 4.69) is 34.6 Å². The number of carbonyl (C=O) groups is 1. The Balaban J connectivity index is 0.000000363. The summed E-state index contributed by atoms with van der Waals surface area (Å²) < 4.78 is 11.8. The molecule has 12 heteroatoms. The molecule has 0 atom stereocenters. The van der Waals surface area contributed by atoms with Crippen LogP contribution in [0.5, 0.6) is 0 Å². The van der Waals surface area contributed by atoms with Gasteiger partial charge in [-0.05, 0) is 31.2 Å². The molecule has 3 N–H and O–H groups in total. The van der Waals surface area contributed by atoms with E-state index in [0.29, 0.717) is 48.3 Å². The largest absolute Gasteiger partial charge is 0.461 e. The zero-order valence-corrected chi connectivity index (χ0v) is 20.7. The van der Waals surface area contributed by atoms with E-state index in [-0.39, 0.29) is 19.1 Å². The van der Waals surface area contributed by atoms with Gasteiger partial charge in [0.25, 0.3) is 0 Å². The minimum atomic E-state index is -0.0911. The lowest BCUT2D eigenvalue weighted by Gasteiger charge is -2.25. The minimum Gasteiger partial charge on any atom is -0.461 e. The molecule has 186 valence electrons. The third kappa shape index (κ3) is 6.29. The van der Waals surface area contributed by atoms with Crippen LogP contribution in [0.3, 0.4) is 0 Å². The van der Waals surface area contributed by atoms with E-state index in [9.17, 15) is 9.90 Å². The molecule has 35 heavy (non-hydrogen) atoms. The Morgan fingerprint density at radius 2 is 1.97 bits per heavy atom. The maximum atomic E-state index is 11.8. The number of nitrogens with zero attached hydrogens (tertiary/aromatic N) is 6. The summed E-state index contributed by atoms with van der Waals surface area (Å²) in [5.74, 6) is 1.27. The molecule has 4 aromatic rings. The molecule has 11 nitrogen and oxygen atoms in total. The lowest BCUT2D eigenvalue weighted by atomic mass is 10.2. The molecule has 0 unspecified atom stereocenters. The summed E-state index contributed by atoms with van der Waals surface area (Å²) in [4.78, 5) is 24.8. The molecule has 3 heterocycles. The number of nitrogen functional groups attached to an aromatic ring is 1. The van der Waals surface area contributed by atoms with Crippen molar-refractivity contribution in [1.82, 2.24) is 19.6 Å². The Morgan fingerprint density at radius 3 is 2.54 bits per heavy atom. The summed E-state index contributed by atoms with van der Waals surface area (Å²) in [7, 11) is 3.28. The molecular formula is C23H29N7O4S. The summed E-state index contributed by atoms with van der Waals surface area (Å²) in [6.07, 6.45) is 2.18. The van der Waals surface area contributed by atoms with Gasteiger partial charge in [0.1, 0.15) is 5.69 Å². The normalized spacial score (nSPS) is 10.7. The standard InChI is InChI=1S/C16H21N7O4.C7H8S/c1-21(5-7-24)14-12(22(10-25)6-9-26-2)15-18-13(11-4-3-8-27-11)20-23(15)16(17)19-14;1-6-2-4-7(8)5-3-6/h3-4,8,10,24H,5-7,9H2,1-2H3,(H2,17,19);2-5,8H,1H3. The van der Waals surface area contributed by atoms with Crippen LogP contribution in [0.25, 0.3) is 17.2 Å². The lowest BCUT2D eigenvalue weighted by molar-refractivity contribution is -0.107. The maximum absolute atomic E-state index is 11.8. The third-order valence-corrected chi connectivity index (χ3v) is 5.29. The van der Waals surface area contributed by atoms with E-state index in [1.807, 2.05) is 24.3 Å². The number of furan rings is 1. The molecule has 0 radical (unpaired) electrons. The second-order valence-corrected chi connectivity index (χ2v) is 8.08. The van der Waals surface area contributed by atoms with Crippen LogP contribution in [0.4, 0.5) is 17.5 Å². The first-order valence-electron chi connectivity index (χ1n) is 10.8. The fourth-order valence-electron chi connectivity index (χ4n) is 3.17. The number of aliphatic hydroxyl groups is 1. The number of thiol groups is 1. The smallest absolute Gasteiger partial charge is 0.225 e. The fraction of sp³-hybridized carbons (Fsp3) is 0.304. The Labute approximate surface area is 208 Å². The minimum absolute atomic E-state index is 0.0911. The molecule has 0 spiro atoms. The number of benzene rings is 1. The van der Waals surface area contributed by atoms with Gasteiger partial charge in [0.2, 0.25) is 18.2 Å². The number of hydrogen-bond donors (Lipinski definition) is 3. The van der Waals surface area contributed by atoms with Gasteiger partial charge in [-0.2, -0.15) is 9.50 Å². The highest BCUT2D eigenvalue weighted by Gasteiger charge is 2.24. The third-order valence-electron chi connectivity index (χ3n) is 4.99. The van der Waals surface area contributed by atoms with E-state index < -0.39 is 0 Å². The molecule has 4 rings (SSSR count). The van der Waals surface area contributed by atoms with Crippen molar-refractivity contribution in [1.29, 1.82) is 0 Å². The van der Waals surface area contributed by atoms with Crippen LogP contribution in [-0.4, -0.2) is 71.6 Å². The van der Waals surface area contributed by atoms with Crippen LogP contribution in [-0.2, 0) is 9.53 Å². The van der Waals surface area contributed by atoms with Crippen molar-refractivity contribution in [3.05, 3.63) is 48.2 Å². The van der Waals surface area contributed by atoms with Gasteiger partial charge in [-0.15, -0.1) is 17.7 Å². The second kappa shape index (κ2) is 12.2. The summed E-state index contributed by atoms with van der Waals surface area (Å²) >= 11 is 4.13. The molecule has 1 amide bonds. The van der Waals surface area contributed by atoms with Crippen molar-refractivity contribution in [3.8, 4) is 11.6 Å². The first-order valence-corrected chi connectivity index (χ1v) is 11.2. The van der Waals surface area contributed by atoms with Crippen molar-refractivity contribution in [2.45, 2.75) is 11.8 Å². The summed E-state index contributed by atoms with van der Waals surface area (Å²) in [6.45, 7) is 2.87. The zero-order chi connectivity index (χ0) is 25.4. The number of aliphatic hydroxyl groups excluding tert-OH is 1. The van der Waals surface area contributed by atoms with E-state index in [1.54, 1.807) is 31.2 Å². The van der Waals surface area contributed by atoms with Crippen LogP contribution in [0.15, 0.2) is 52.0 Å². The Kier molecular flexibility index (Phi) is 9.06. The zero-order valence-electron chi connectivity index (χ0n) is 19.8. The van der Waals surface area contributed by atoms with E-state index in [1.165, 1.54) is 21.2 Å². The number of nitrogens with two attached hydrogens (primary N) is 1. The van der Waals surface area contributed by atoms with E-state index in [0.717, 1.165) is 4.90 Å². The number of methoxy groups -OCH3 is 1. The van der Waals surface area contributed by atoms with Crippen LogP contribution < -0.4 is 15.5 Å². The Hall–Kier alpha value is -3.61. The van der Waals surface area contributed by atoms with Gasteiger partial charge in [-0.1, -0.05) is 17.7 Å². The number of aryl methyl sites for hydroxylation is 1. The quantitative estimate of drug-likeness (QED) is 0.234. The van der Waals surface area contributed by atoms with Crippen LogP contribution >= 0.6 is 12.6 Å². The molecular weight excluding hydrogens is 470 g/mol. The first kappa shape index (κ1) is 26.0. The van der Waals surface area contributed by atoms with Gasteiger partial charge in [0.05, 0.1) is 19.5 Å². The van der Waals surface area contributed by atoms with Crippen LogP contribution in [0.2, 0.25) is 0 Å². The average molecular weight is 500 g/mol. The Bertz CT molecular complexity index is 1210. The lowest BCUT2D eigenvalue weighted by Crippen LogP contribution is -2.31. The van der Waals surface area contributed by atoms with Gasteiger partial charge in [-0.25, -0.2) is 4.98 Å². The summed E-state index contributed by atoms with van der Waals surface area (Å²) in [5, 5.41) is 13.6. The monoisotopic (exact) mass is 499 g/mol. The highest BCUT2D eigenvalue weighted by Crippen LogP contribution is 2.33. The number of carbonyl (C=O) groups excluding carboxylic acids is 1. The van der Waals surface area contributed by atoms with Crippen molar-refractivity contribution in [3.63, 3.8) is 0 Å². The second-order valence-electron chi connectivity index (χ2n) is 7.56. The SMILES string of the molecule is COCCN(C=O)c1c(N(C)CCO)nc(N)n2nc(-c3ccco3)nc12.Cc1ccc(S)cc1. The van der Waals surface area contributed by atoms with Crippen LogP contribution in [0.1, 0.15) is 5.56 Å². The van der Waals surface area contributed by atoms with Crippen molar-refractivity contribution >= 4 is 42.1 Å². The van der Waals surface area contributed by atoms with Gasteiger partial charge in [0.15, 0.2) is 17.2 Å². The Morgan fingerprint density at radius 1 is 1.23 bits per heavy atom.